The highest BCUT2D eigenvalue weighted by atomic mass is 16.2. The molecule has 0 saturated heterocycles. The van der Waals surface area contributed by atoms with Crippen LogP contribution in [0.1, 0.15) is 12.8 Å². The number of nitrogens with two attached hydrogens (primary N) is 1. The van der Waals surface area contributed by atoms with E-state index in [1.54, 1.807) is 24.3 Å². The monoisotopic (exact) mass is 248 g/mol. The van der Waals surface area contributed by atoms with Crippen LogP contribution in [0.15, 0.2) is 24.3 Å². The third kappa shape index (κ3) is 4.06. The van der Waals surface area contributed by atoms with Gasteiger partial charge in [0.15, 0.2) is 0 Å². The fourth-order valence-electron chi connectivity index (χ4n) is 1.55. The molecular formula is C12H16N4O2. The number of benzene rings is 1. The third-order valence-electron chi connectivity index (χ3n) is 2.54. The van der Waals surface area contributed by atoms with Gasteiger partial charge < -0.3 is 21.7 Å². The first kappa shape index (κ1) is 12.4. The molecule has 0 bridgehead atoms. The van der Waals surface area contributed by atoms with Gasteiger partial charge in [-0.3, -0.25) is 4.79 Å². The van der Waals surface area contributed by atoms with E-state index < -0.39 is 6.03 Å². The summed E-state index contributed by atoms with van der Waals surface area (Å²) >= 11 is 0. The fourth-order valence-corrected chi connectivity index (χ4v) is 1.55. The van der Waals surface area contributed by atoms with Crippen molar-refractivity contribution < 1.29 is 9.59 Å². The van der Waals surface area contributed by atoms with E-state index in [-0.39, 0.29) is 5.91 Å². The highest BCUT2D eigenvalue weighted by Crippen LogP contribution is 2.18. The molecule has 96 valence electrons. The van der Waals surface area contributed by atoms with Crippen molar-refractivity contribution in [2.75, 3.05) is 17.2 Å². The van der Waals surface area contributed by atoms with E-state index in [9.17, 15) is 9.59 Å². The van der Waals surface area contributed by atoms with Gasteiger partial charge in [-0.15, -0.1) is 0 Å². The van der Waals surface area contributed by atoms with Crippen LogP contribution in [0.3, 0.4) is 0 Å². The molecule has 0 aliphatic heterocycles. The SMILES string of the molecule is NC(=O)Nc1cccc(NC(=O)CNC2CC2)c1. The normalized spacial score (nSPS) is 14.0. The van der Waals surface area contributed by atoms with Crippen molar-refractivity contribution in [1.82, 2.24) is 5.32 Å². The second-order valence-corrected chi connectivity index (χ2v) is 4.27. The third-order valence-corrected chi connectivity index (χ3v) is 2.54. The molecule has 6 heteroatoms. The topological polar surface area (TPSA) is 96.2 Å². The fraction of sp³-hybridized carbons (Fsp3) is 0.333. The van der Waals surface area contributed by atoms with Gasteiger partial charge in [-0.05, 0) is 31.0 Å². The first-order chi connectivity index (χ1) is 8.63. The van der Waals surface area contributed by atoms with Crippen molar-refractivity contribution in [2.45, 2.75) is 18.9 Å². The summed E-state index contributed by atoms with van der Waals surface area (Å²) in [5.74, 6) is -0.0990. The van der Waals surface area contributed by atoms with Gasteiger partial charge in [-0.2, -0.15) is 0 Å². The summed E-state index contributed by atoms with van der Waals surface area (Å²) in [6.45, 7) is 0.304. The van der Waals surface area contributed by atoms with Crippen LogP contribution < -0.4 is 21.7 Å². The molecule has 0 radical (unpaired) electrons. The van der Waals surface area contributed by atoms with Crippen LogP contribution >= 0.6 is 0 Å². The Morgan fingerprint density at radius 3 is 2.50 bits per heavy atom. The summed E-state index contributed by atoms with van der Waals surface area (Å²) in [6, 6.07) is 6.70. The lowest BCUT2D eigenvalue weighted by Crippen LogP contribution is -2.29. The van der Waals surface area contributed by atoms with Gasteiger partial charge in [0.2, 0.25) is 5.91 Å². The van der Waals surface area contributed by atoms with Gasteiger partial charge in [0.05, 0.1) is 6.54 Å². The van der Waals surface area contributed by atoms with E-state index >= 15 is 0 Å². The predicted octanol–water partition coefficient (Wildman–Crippen LogP) is 0.868. The van der Waals surface area contributed by atoms with E-state index in [1.807, 2.05) is 0 Å². The average molecular weight is 248 g/mol. The van der Waals surface area contributed by atoms with E-state index in [0.29, 0.717) is 24.0 Å². The van der Waals surface area contributed by atoms with Gasteiger partial charge in [-0.25, -0.2) is 4.79 Å². The zero-order chi connectivity index (χ0) is 13.0. The number of hydrogen-bond donors (Lipinski definition) is 4. The van der Waals surface area contributed by atoms with Gasteiger partial charge >= 0.3 is 6.03 Å². The van der Waals surface area contributed by atoms with E-state index in [2.05, 4.69) is 16.0 Å². The molecule has 6 nitrogen and oxygen atoms in total. The molecular weight excluding hydrogens is 232 g/mol. The number of hydrogen-bond acceptors (Lipinski definition) is 3. The zero-order valence-electron chi connectivity index (χ0n) is 9.90. The largest absolute Gasteiger partial charge is 0.351 e. The Hall–Kier alpha value is -2.08. The average Bonchev–Trinajstić information content (AvgIpc) is 3.09. The van der Waals surface area contributed by atoms with Crippen molar-refractivity contribution in [3.63, 3.8) is 0 Å². The number of anilines is 2. The Balaban J connectivity index is 1.86. The van der Waals surface area contributed by atoms with Crippen LogP contribution in [0.4, 0.5) is 16.2 Å². The van der Waals surface area contributed by atoms with Crippen molar-refractivity contribution >= 4 is 23.3 Å². The molecule has 1 fully saturated rings. The molecule has 0 spiro atoms. The van der Waals surface area contributed by atoms with Crippen LogP contribution in [0, 0.1) is 0 Å². The Morgan fingerprint density at radius 2 is 1.89 bits per heavy atom. The minimum Gasteiger partial charge on any atom is -0.351 e. The Kier molecular flexibility index (Phi) is 3.78. The molecule has 0 heterocycles. The van der Waals surface area contributed by atoms with Gasteiger partial charge in [-0.1, -0.05) is 6.07 Å². The summed E-state index contributed by atoms with van der Waals surface area (Å²) in [7, 11) is 0. The molecule has 1 aliphatic carbocycles. The molecule has 1 aliphatic rings. The highest BCUT2D eigenvalue weighted by molar-refractivity contribution is 5.94. The quantitative estimate of drug-likeness (QED) is 0.622. The number of primary amides is 1. The molecule has 0 unspecified atom stereocenters. The van der Waals surface area contributed by atoms with Crippen LogP contribution in [0.5, 0.6) is 0 Å². The Morgan fingerprint density at radius 1 is 1.22 bits per heavy atom. The maximum atomic E-state index is 11.6. The van der Waals surface area contributed by atoms with Crippen molar-refractivity contribution in [3.8, 4) is 0 Å². The zero-order valence-corrected chi connectivity index (χ0v) is 9.90. The summed E-state index contributed by atoms with van der Waals surface area (Å²) in [5.41, 5.74) is 6.20. The van der Waals surface area contributed by atoms with Gasteiger partial charge in [0, 0.05) is 17.4 Å². The number of nitrogens with one attached hydrogen (secondary N) is 3. The maximum absolute atomic E-state index is 11.6. The molecule has 18 heavy (non-hydrogen) atoms. The summed E-state index contributed by atoms with van der Waals surface area (Å²) in [6.07, 6.45) is 2.29. The van der Waals surface area contributed by atoms with Crippen LogP contribution in [0.25, 0.3) is 0 Å². The van der Waals surface area contributed by atoms with Crippen LogP contribution in [-0.4, -0.2) is 24.5 Å². The van der Waals surface area contributed by atoms with E-state index in [1.165, 1.54) is 0 Å². The lowest BCUT2D eigenvalue weighted by molar-refractivity contribution is -0.115. The van der Waals surface area contributed by atoms with E-state index in [4.69, 9.17) is 5.73 Å². The van der Waals surface area contributed by atoms with Crippen LogP contribution in [-0.2, 0) is 4.79 Å². The maximum Gasteiger partial charge on any atom is 0.316 e. The molecule has 3 amide bonds. The first-order valence-corrected chi connectivity index (χ1v) is 5.83. The second-order valence-electron chi connectivity index (χ2n) is 4.27. The molecule has 1 aromatic rings. The summed E-state index contributed by atoms with van der Waals surface area (Å²) in [4.78, 5) is 22.3. The number of carbonyl (C=O) groups is 2. The van der Waals surface area contributed by atoms with Gasteiger partial charge in [0.25, 0.3) is 0 Å². The lowest BCUT2D eigenvalue weighted by atomic mass is 10.2. The number of amides is 3. The van der Waals surface area contributed by atoms with Gasteiger partial charge in [0.1, 0.15) is 0 Å². The molecule has 5 N–H and O–H groups in total. The van der Waals surface area contributed by atoms with E-state index in [0.717, 1.165) is 12.8 Å². The lowest BCUT2D eigenvalue weighted by Gasteiger charge is -2.08. The van der Waals surface area contributed by atoms with Crippen molar-refractivity contribution in [1.29, 1.82) is 0 Å². The first-order valence-electron chi connectivity index (χ1n) is 5.83. The molecule has 0 aromatic heterocycles. The molecule has 1 aromatic carbocycles. The Bertz CT molecular complexity index is 457. The molecule has 2 rings (SSSR count). The Labute approximate surface area is 105 Å². The molecule has 1 saturated carbocycles. The number of urea groups is 1. The van der Waals surface area contributed by atoms with Crippen LogP contribution in [0.2, 0.25) is 0 Å². The minimum atomic E-state index is -0.631. The highest BCUT2D eigenvalue weighted by Gasteiger charge is 2.21. The number of rotatable bonds is 5. The second kappa shape index (κ2) is 5.50. The summed E-state index contributed by atoms with van der Waals surface area (Å²) in [5, 5.41) is 8.32. The van der Waals surface area contributed by atoms with Crippen molar-refractivity contribution in [2.24, 2.45) is 5.73 Å². The number of carbonyl (C=O) groups excluding carboxylic acids is 2. The summed E-state index contributed by atoms with van der Waals surface area (Å²) < 4.78 is 0. The predicted molar refractivity (Wildman–Crippen MR) is 69.3 cm³/mol. The minimum absolute atomic E-state index is 0.0990. The smallest absolute Gasteiger partial charge is 0.316 e. The molecule has 0 atom stereocenters. The van der Waals surface area contributed by atoms with Crippen molar-refractivity contribution in [3.05, 3.63) is 24.3 Å². The standard InChI is InChI=1S/C12H16N4O2/c13-12(18)16-10-3-1-2-9(6-10)15-11(17)7-14-8-4-5-8/h1-3,6,8,14H,4-5,7H2,(H,15,17)(H3,13,16,18).